The Morgan fingerprint density at radius 2 is 0.804 bits per heavy atom. The number of carbonyl (C=O) groups excluding carboxylic acids is 6. The molecule has 1 aliphatic rings. The number of hydrogen-bond acceptors (Lipinski definition) is 9. The van der Waals surface area contributed by atoms with Crippen molar-refractivity contribution in [2.24, 2.45) is 0 Å². The van der Waals surface area contributed by atoms with Gasteiger partial charge in [-0.3, -0.25) is 0 Å². The van der Waals surface area contributed by atoms with Gasteiger partial charge in [0.25, 0.3) is 0 Å². The zero-order chi connectivity index (χ0) is 37.5. The Morgan fingerprint density at radius 3 is 1.06 bits per heavy atom. The fraction of sp³-hybridized carbons (Fsp3) is 0.636. The van der Waals surface area contributed by atoms with E-state index in [1.807, 2.05) is 0 Å². The van der Waals surface area contributed by atoms with Crippen LogP contribution in [0.5, 0.6) is 0 Å². The minimum absolute atomic E-state index is 0.107. The molecule has 288 valence electrons. The number of urea groups is 3. The van der Waals surface area contributed by atoms with Crippen LogP contribution in [0.4, 0.5) is 28.8 Å². The summed E-state index contributed by atoms with van der Waals surface area (Å²) in [5.41, 5.74) is 0. The lowest BCUT2D eigenvalue weighted by Gasteiger charge is -2.22. The van der Waals surface area contributed by atoms with Gasteiger partial charge in [-0.15, -0.1) is 0 Å². The first-order valence-electron chi connectivity index (χ1n) is 17.3. The summed E-state index contributed by atoms with van der Waals surface area (Å²) in [5, 5.41) is 25.0. The molecule has 0 radical (unpaired) electrons. The summed E-state index contributed by atoms with van der Waals surface area (Å²) in [6.07, 6.45) is 8.01. The molecule has 1 aliphatic heterocycles. The average molecular weight is 724 g/mol. The first kappa shape index (κ1) is 43.9. The van der Waals surface area contributed by atoms with Gasteiger partial charge in [-0.2, -0.15) is 0 Å². The van der Waals surface area contributed by atoms with Crippen molar-refractivity contribution in [2.45, 2.75) is 75.9 Å². The molecule has 0 unspecified atom stereocenters. The van der Waals surface area contributed by atoms with Crippen molar-refractivity contribution in [3.05, 3.63) is 38.0 Å². The summed E-state index contributed by atoms with van der Waals surface area (Å²) in [6.45, 7) is 12.3. The van der Waals surface area contributed by atoms with Crippen molar-refractivity contribution in [3.8, 4) is 0 Å². The number of hydrogen-bond donors (Lipinski definition) is 9. The van der Waals surface area contributed by atoms with Crippen LogP contribution in [-0.2, 0) is 14.2 Å². The lowest BCUT2D eigenvalue weighted by Crippen LogP contribution is -2.52. The van der Waals surface area contributed by atoms with Crippen LogP contribution in [0, 0.1) is 0 Å². The summed E-state index contributed by atoms with van der Waals surface area (Å²) in [4.78, 5) is 73.7. The van der Waals surface area contributed by atoms with E-state index in [1.165, 1.54) is 18.2 Å². The number of unbranched alkanes of at least 4 members (excludes halogenated alkanes) is 3. The summed E-state index contributed by atoms with van der Waals surface area (Å²) in [7, 11) is 0. The average Bonchev–Trinajstić information content (AvgIpc) is 3.11. The molecule has 18 heteroatoms. The molecule has 1 rings (SSSR count). The van der Waals surface area contributed by atoms with Gasteiger partial charge >= 0.3 is 36.4 Å². The Kier molecular flexibility index (Phi) is 24.6. The smallest absolute Gasteiger partial charge is 0.407 e. The van der Waals surface area contributed by atoms with Crippen LogP contribution < -0.4 is 47.9 Å². The standard InChI is InChI=1S/C33H57N9O9/c1-4-19-49-31(46)34-16-10-7-13-25-22-37-29(44)41-27(15-9-12-18-36-33(48)51-21-6-3)24-39-30(45)42-26(23-38-28(43)40-25)14-8-11-17-35-32(47)50-20-5-2/h4-6,25-27H,1-3,7-24H2,(H,34,46)(H,35,47)(H,36,48)(H2,38,40,43)(H2,37,41,44)(H2,39,42,45)/t25-,26-,27-/m0/s1. The maximum atomic E-state index is 12.9. The topological polar surface area (TPSA) is 238 Å². The van der Waals surface area contributed by atoms with Gasteiger partial charge in [0, 0.05) is 57.4 Å². The quantitative estimate of drug-likeness (QED) is 0.0479. The fourth-order valence-electron chi connectivity index (χ4n) is 4.71. The molecular formula is C33H57N9O9. The van der Waals surface area contributed by atoms with E-state index >= 15 is 0 Å². The minimum atomic E-state index is -0.546. The fourth-order valence-corrected chi connectivity index (χ4v) is 4.71. The van der Waals surface area contributed by atoms with Crippen LogP contribution >= 0.6 is 0 Å². The van der Waals surface area contributed by atoms with E-state index in [0.717, 1.165) is 0 Å². The van der Waals surface area contributed by atoms with Crippen molar-refractivity contribution in [3.63, 3.8) is 0 Å². The highest BCUT2D eigenvalue weighted by molar-refractivity contribution is 5.77. The predicted molar refractivity (Wildman–Crippen MR) is 191 cm³/mol. The maximum Gasteiger partial charge on any atom is 0.407 e. The van der Waals surface area contributed by atoms with E-state index in [1.54, 1.807) is 0 Å². The first-order valence-corrected chi connectivity index (χ1v) is 17.3. The molecule has 0 aromatic carbocycles. The van der Waals surface area contributed by atoms with Gasteiger partial charge in [-0.1, -0.05) is 38.0 Å². The molecule has 9 amide bonds. The normalized spacial score (nSPS) is 18.1. The van der Waals surface area contributed by atoms with Gasteiger partial charge in [0.1, 0.15) is 19.8 Å². The monoisotopic (exact) mass is 723 g/mol. The summed E-state index contributed by atoms with van der Waals surface area (Å²) >= 11 is 0. The lowest BCUT2D eigenvalue weighted by atomic mass is 10.1. The molecule has 0 aromatic heterocycles. The molecule has 0 spiro atoms. The third-order valence-corrected chi connectivity index (χ3v) is 7.28. The van der Waals surface area contributed by atoms with Crippen molar-refractivity contribution in [1.29, 1.82) is 0 Å². The summed E-state index contributed by atoms with van der Waals surface area (Å²) < 4.78 is 14.7. The van der Waals surface area contributed by atoms with Gasteiger partial charge in [-0.05, 0) is 57.8 Å². The predicted octanol–water partition coefficient (Wildman–Crippen LogP) is 2.25. The summed E-state index contributed by atoms with van der Waals surface area (Å²) in [6, 6.07) is -2.71. The van der Waals surface area contributed by atoms with E-state index in [-0.39, 0.29) is 39.5 Å². The highest BCUT2D eigenvalue weighted by Gasteiger charge is 2.20. The van der Waals surface area contributed by atoms with Crippen LogP contribution in [0.25, 0.3) is 0 Å². The molecule has 9 N–H and O–H groups in total. The van der Waals surface area contributed by atoms with Gasteiger partial charge in [0.15, 0.2) is 0 Å². The second-order valence-electron chi connectivity index (χ2n) is 11.6. The van der Waals surface area contributed by atoms with E-state index in [4.69, 9.17) is 14.2 Å². The van der Waals surface area contributed by atoms with Crippen molar-refractivity contribution in [2.75, 3.05) is 59.1 Å². The molecule has 51 heavy (non-hydrogen) atoms. The van der Waals surface area contributed by atoms with Crippen LogP contribution in [0.3, 0.4) is 0 Å². The molecule has 18 nitrogen and oxygen atoms in total. The van der Waals surface area contributed by atoms with Gasteiger partial charge < -0.3 is 62.1 Å². The number of carbonyl (C=O) groups is 6. The van der Waals surface area contributed by atoms with Crippen molar-refractivity contribution >= 4 is 36.4 Å². The van der Waals surface area contributed by atoms with E-state index in [2.05, 4.69) is 67.6 Å². The second-order valence-corrected chi connectivity index (χ2v) is 11.6. The largest absolute Gasteiger partial charge is 0.445 e. The highest BCUT2D eigenvalue weighted by Crippen LogP contribution is 2.05. The van der Waals surface area contributed by atoms with E-state index in [9.17, 15) is 28.8 Å². The van der Waals surface area contributed by atoms with Crippen LogP contribution in [0.15, 0.2) is 38.0 Å². The Labute approximate surface area is 300 Å². The third kappa shape index (κ3) is 24.6. The Balaban J connectivity index is 2.84. The second kappa shape index (κ2) is 28.7. The van der Waals surface area contributed by atoms with Gasteiger partial charge in [0.05, 0.1) is 0 Å². The van der Waals surface area contributed by atoms with Crippen LogP contribution in [0.1, 0.15) is 57.8 Å². The number of ether oxygens (including phenoxy) is 3. The van der Waals surface area contributed by atoms with Crippen molar-refractivity contribution < 1.29 is 43.0 Å². The number of alkyl carbamates (subject to hydrolysis) is 3. The molecule has 0 aliphatic carbocycles. The SMILES string of the molecule is C=CCOC(=O)NCCCC[C@H]1CNC(=O)N[C@@H](CCCCNC(=O)OCC=C)CNC(=O)N[C@@H](CCCCNC(=O)OCC=C)CNC(=O)N1. The number of rotatable bonds is 21. The molecule has 0 aromatic rings. The molecule has 1 heterocycles. The Hall–Kier alpha value is -5.16. The highest BCUT2D eigenvalue weighted by atomic mass is 16.6. The van der Waals surface area contributed by atoms with Crippen molar-refractivity contribution in [1.82, 2.24) is 47.9 Å². The minimum Gasteiger partial charge on any atom is -0.445 e. The van der Waals surface area contributed by atoms with Gasteiger partial charge in [0.2, 0.25) is 0 Å². The van der Waals surface area contributed by atoms with Gasteiger partial charge in [-0.25, -0.2) is 28.8 Å². The molecular weight excluding hydrogens is 666 g/mol. The maximum absolute atomic E-state index is 12.9. The molecule has 1 fully saturated rings. The van der Waals surface area contributed by atoms with E-state index in [0.29, 0.717) is 77.4 Å². The van der Waals surface area contributed by atoms with E-state index < -0.39 is 54.5 Å². The molecule has 3 atom stereocenters. The lowest BCUT2D eigenvalue weighted by molar-refractivity contribution is 0.157. The third-order valence-electron chi connectivity index (χ3n) is 7.28. The zero-order valence-electron chi connectivity index (χ0n) is 29.5. The first-order chi connectivity index (χ1) is 24.7. The molecule has 0 saturated carbocycles. The zero-order valence-corrected chi connectivity index (χ0v) is 29.5. The molecule has 0 bridgehead atoms. The number of amides is 9. The Morgan fingerprint density at radius 1 is 0.529 bits per heavy atom. The Bertz CT molecular complexity index is 977. The van der Waals surface area contributed by atoms with Crippen LogP contribution in [-0.4, -0.2) is 114 Å². The van der Waals surface area contributed by atoms with Crippen LogP contribution in [0.2, 0.25) is 0 Å². The molecule has 1 saturated heterocycles. The number of nitrogens with one attached hydrogen (secondary N) is 9. The summed E-state index contributed by atoms with van der Waals surface area (Å²) in [5.74, 6) is 0.